The number of nitrogens with zero attached hydrogens (tertiary/aromatic N) is 1. The fraction of sp³-hybridized carbons (Fsp3) is 0.235. The number of carbonyl (C=O) groups is 1. The number of carbonyl (C=O) groups excluding carboxylic acids is 1. The second kappa shape index (κ2) is 6.22. The Kier molecular flexibility index (Phi) is 4.26. The van der Waals surface area contributed by atoms with E-state index >= 15 is 0 Å². The summed E-state index contributed by atoms with van der Waals surface area (Å²) < 4.78 is 67.1. The molecule has 24 heavy (non-hydrogen) atoms. The second-order valence-electron chi connectivity index (χ2n) is 5.59. The molecule has 0 spiro atoms. The van der Waals surface area contributed by atoms with Crippen LogP contribution in [0.1, 0.15) is 28.3 Å². The minimum absolute atomic E-state index is 0.0450. The molecular weight excluding hydrogens is 329 g/mol. The summed E-state index contributed by atoms with van der Waals surface area (Å²) in [7, 11) is 0. The van der Waals surface area contributed by atoms with Crippen molar-refractivity contribution in [3.05, 3.63) is 70.5 Å². The van der Waals surface area contributed by atoms with Crippen LogP contribution in [0.15, 0.2) is 30.3 Å². The van der Waals surface area contributed by atoms with Crippen LogP contribution in [0.25, 0.3) is 0 Å². The molecule has 0 radical (unpaired) electrons. The zero-order valence-electron chi connectivity index (χ0n) is 12.3. The van der Waals surface area contributed by atoms with Crippen LogP contribution in [0.2, 0.25) is 0 Å². The van der Waals surface area contributed by atoms with Crippen molar-refractivity contribution >= 4 is 5.91 Å². The molecule has 0 aromatic heterocycles. The zero-order valence-corrected chi connectivity index (χ0v) is 12.3. The maximum absolute atomic E-state index is 13.8. The molecule has 2 aromatic carbocycles. The Morgan fingerprint density at radius 3 is 2.00 bits per heavy atom. The van der Waals surface area contributed by atoms with Gasteiger partial charge in [-0.15, -0.1) is 0 Å². The summed E-state index contributed by atoms with van der Waals surface area (Å²) in [6.45, 7) is 0.334. The Labute approximate surface area is 134 Å². The van der Waals surface area contributed by atoms with Gasteiger partial charge in [0.1, 0.15) is 5.56 Å². The quantitative estimate of drug-likeness (QED) is 0.459. The highest BCUT2D eigenvalue weighted by Gasteiger charge is 2.35. The minimum atomic E-state index is -2.27. The van der Waals surface area contributed by atoms with Crippen LogP contribution < -0.4 is 0 Å². The summed E-state index contributed by atoms with van der Waals surface area (Å²) in [6, 6.07) is 9.19. The summed E-state index contributed by atoms with van der Waals surface area (Å²) in [6.07, 6.45) is 0.547. The molecule has 0 saturated carbocycles. The highest BCUT2D eigenvalue weighted by molar-refractivity contribution is 5.95. The van der Waals surface area contributed by atoms with Crippen molar-refractivity contribution in [2.45, 2.75) is 12.3 Å². The number of amides is 1. The molecule has 1 amide bonds. The lowest BCUT2D eigenvalue weighted by Gasteiger charge is -2.18. The summed E-state index contributed by atoms with van der Waals surface area (Å²) in [5, 5.41) is 0. The van der Waals surface area contributed by atoms with Crippen LogP contribution in [0.4, 0.5) is 22.0 Å². The molecule has 1 aliphatic heterocycles. The van der Waals surface area contributed by atoms with Crippen molar-refractivity contribution in [2.75, 3.05) is 13.1 Å². The van der Waals surface area contributed by atoms with Gasteiger partial charge >= 0.3 is 0 Å². The predicted octanol–water partition coefficient (Wildman–Crippen LogP) is 4.01. The highest BCUT2D eigenvalue weighted by atomic mass is 19.2. The average molecular weight is 341 g/mol. The molecule has 1 fully saturated rings. The Balaban J connectivity index is 1.89. The van der Waals surface area contributed by atoms with Gasteiger partial charge in [-0.1, -0.05) is 30.3 Å². The van der Waals surface area contributed by atoms with Gasteiger partial charge in [0.05, 0.1) is 0 Å². The molecule has 3 rings (SSSR count). The van der Waals surface area contributed by atoms with Crippen molar-refractivity contribution in [2.24, 2.45) is 0 Å². The standard InChI is InChI=1S/C17H12F5NO/c18-12-11(13(19)15(21)16(22)14(12)20)17(24)23-7-6-10(8-23)9-4-2-1-3-5-9/h1-5,10H,6-8H2. The Morgan fingerprint density at radius 1 is 0.875 bits per heavy atom. The number of hydrogen-bond acceptors (Lipinski definition) is 1. The molecule has 1 aliphatic rings. The first-order chi connectivity index (χ1) is 11.4. The SMILES string of the molecule is O=C(c1c(F)c(F)c(F)c(F)c1F)N1CCC(c2ccccc2)C1. The van der Waals surface area contributed by atoms with Crippen LogP contribution in [0, 0.1) is 29.1 Å². The van der Waals surface area contributed by atoms with Gasteiger partial charge in [0.2, 0.25) is 5.82 Å². The lowest BCUT2D eigenvalue weighted by molar-refractivity contribution is 0.0777. The Bertz CT molecular complexity index is 764. The van der Waals surface area contributed by atoms with E-state index in [1.165, 1.54) is 0 Å². The van der Waals surface area contributed by atoms with E-state index in [2.05, 4.69) is 0 Å². The van der Waals surface area contributed by atoms with Crippen molar-refractivity contribution in [1.29, 1.82) is 0 Å². The van der Waals surface area contributed by atoms with Crippen LogP contribution >= 0.6 is 0 Å². The third-order valence-corrected chi connectivity index (χ3v) is 4.17. The number of halogens is 5. The van der Waals surface area contributed by atoms with Crippen molar-refractivity contribution in [3.8, 4) is 0 Å². The van der Waals surface area contributed by atoms with E-state index in [4.69, 9.17) is 0 Å². The molecule has 0 bridgehead atoms. The summed E-state index contributed by atoms with van der Waals surface area (Å²) in [5.41, 5.74) is -0.453. The summed E-state index contributed by atoms with van der Waals surface area (Å²) in [4.78, 5) is 13.4. The number of rotatable bonds is 2. The van der Waals surface area contributed by atoms with Gasteiger partial charge in [-0.25, -0.2) is 22.0 Å². The predicted molar refractivity (Wildman–Crippen MR) is 75.9 cm³/mol. The van der Waals surface area contributed by atoms with Gasteiger partial charge in [0.15, 0.2) is 23.3 Å². The normalized spacial score (nSPS) is 17.4. The van der Waals surface area contributed by atoms with Crippen LogP contribution in [-0.4, -0.2) is 23.9 Å². The zero-order chi connectivity index (χ0) is 17.4. The number of likely N-dealkylation sites (tertiary alicyclic amines) is 1. The first-order valence-electron chi connectivity index (χ1n) is 7.27. The van der Waals surface area contributed by atoms with Gasteiger partial charge in [0.25, 0.3) is 5.91 Å². The van der Waals surface area contributed by atoms with E-state index in [1.807, 2.05) is 30.3 Å². The maximum Gasteiger partial charge on any atom is 0.260 e. The first-order valence-corrected chi connectivity index (χ1v) is 7.27. The summed E-state index contributed by atoms with van der Waals surface area (Å²) in [5.74, 6) is -11.9. The molecule has 1 saturated heterocycles. The molecule has 126 valence electrons. The fourth-order valence-electron chi connectivity index (χ4n) is 2.89. The molecule has 0 N–H and O–H groups in total. The maximum atomic E-state index is 13.8. The molecule has 0 aliphatic carbocycles. The lowest BCUT2D eigenvalue weighted by atomic mass is 9.99. The van der Waals surface area contributed by atoms with Crippen molar-refractivity contribution < 1.29 is 26.7 Å². The van der Waals surface area contributed by atoms with Crippen molar-refractivity contribution in [3.63, 3.8) is 0 Å². The van der Waals surface area contributed by atoms with Gasteiger partial charge in [-0.05, 0) is 12.0 Å². The van der Waals surface area contributed by atoms with Crippen LogP contribution in [0.5, 0.6) is 0 Å². The lowest BCUT2D eigenvalue weighted by Crippen LogP contribution is -2.31. The summed E-state index contributed by atoms with van der Waals surface area (Å²) >= 11 is 0. The molecular formula is C17H12F5NO. The smallest absolute Gasteiger partial charge is 0.260 e. The number of hydrogen-bond donors (Lipinski definition) is 0. The average Bonchev–Trinajstić information content (AvgIpc) is 3.09. The van der Waals surface area contributed by atoms with E-state index in [-0.39, 0.29) is 19.0 Å². The van der Waals surface area contributed by atoms with E-state index < -0.39 is 40.6 Å². The third-order valence-electron chi connectivity index (χ3n) is 4.17. The Morgan fingerprint density at radius 2 is 1.42 bits per heavy atom. The van der Waals surface area contributed by atoms with E-state index in [1.54, 1.807) is 0 Å². The molecule has 1 heterocycles. The molecule has 1 atom stereocenters. The van der Waals surface area contributed by atoms with Crippen LogP contribution in [0.3, 0.4) is 0 Å². The molecule has 1 unspecified atom stereocenters. The molecule has 7 heteroatoms. The molecule has 2 nitrogen and oxygen atoms in total. The minimum Gasteiger partial charge on any atom is -0.338 e. The van der Waals surface area contributed by atoms with E-state index in [0.717, 1.165) is 10.5 Å². The third kappa shape index (κ3) is 2.64. The van der Waals surface area contributed by atoms with E-state index in [9.17, 15) is 26.7 Å². The van der Waals surface area contributed by atoms with Gasteiger partial charge in [-0.2, -0.15) is 0 Å². The topological polar surface area (TPSA) is 20.3 Å². The molecule has 2 aromatic rings. The van der Waals surface area contributed by atoms with Crippen molar-refractivity contribution in [1.82, 2.24) is 4.90 Å². The van der Waals surface area contributed by atoms with Crippen LogP contribution in [-0.2, 0) is 0 Å². The second-order valence-corrected chi connectivity index (χ2v) is 5.59. The van der Waals surface area contributed by atoms with Gasteiger partial charge in [0, 0.05) is 19.0 Å². The first kappa shape index (κ1) is 16.4. The monoisotopic (exact) mass is 341 g/mol. The highest BCUT2D eigenvalue weighted by Crippen LogP contribution is 2.30. The fourth-order valence-corrected chi connectivity index (χ4v) is 2.89. The number of benzene rings is 2. The van der Waals surface area contributed by atoms with E-state index in [0.29, 0.717) is 6.42 Å². The largest absolute Gasteiger partial charge is 0.338 e. The van der Waals surface area contributed by atoms with Gasteiger partial charge in [-0.3, -0.25) is 4.79 Å². The Hall–Kier alpha value is -2.44. The van der Waals surface area contributed by atoms with Gasteiger partial charge < -0.3 is 4.90 Å².